The Morgan fingerprint density at radius 2 is 2.24 bits per heavy atom. The van der Waals surface area contributed by atoms with Crippen LogP contribution in [0.2, 0.25) is 0 Å². The Morgan fingerprint density at radius 1 is 1.36 bits per heavy atom. The van der Waals surface area contributed by atoms with Gasteiger partial charge < -0.3 is 25.4 Å². The number of benzene rings is 1. The van der Waals surface area contributed by atoms with Crippen LogP contribution in [0.1, 0.15) is 28.8 Å². The summed E-state index contributed by atoms with van der Waals surface area (Å²) in [4.78, 5) is 16.4. The fraction of sp³-hybridized carbons (Fsp3) is 0.556. The highest BCUT2D eigenvalue weighted by Crippen LogP contribution is 2.11. The van der Waals surface area contributed by atoms with Crippen LogP contribution in [0.3, 0.4) is 0 Å². The van der Waals surface area contributed by atoms with Crippen molar-refractivity contribution in [1.29, 1.82) is 0 Å². The number of guanidine groups is 1. The average Bonchev–Trinajstić information content (AvgIpc) is 3.16. The van der Waals surface area contributed by atoms with Crippen molar-refractivity contribution in [2.45, 2.75) is 25.5 Å². The van der Waals surface area contributed by atoms with Crippen LogP contribution in [0.5, 0.6) is 0 Å². The normalized spacial score (nSPS) is 17.4. The van der Waals surface area contributed by atoms with Crippen molar-refractivity contribution >= 4 is 11.9 Å². The minimum atomic E-state index is -0.0695. The molecule has 3 N–H and O–H groups in total. The number of nitrogens with zero attached hydrogens (tertiary/aromatic N) is 1. The lowest BCUT2D eigenvalue weighted by Crippen LogP contribution is -2.38. The van der Waals surface area contributed by atoms with Crippen LogP contribution in [-0.4, -0.2) is 58.4 Å². The highest BCUT2D eigenvalue weighted by atomic mass is 16.5. The first-order chi connectivity index (χ1) is 12.2. The molecular weight excluding hydrogens is 320 g/mol. The van der Waals surface area contributed by atoms with Crippen molar-refractivity contribution in [2.75, 3.05) is 40.5 Å². The topological polar surface area (TPSA) is 84.0 Å². The SMILES string of the molecule is CN=C(NCCOC)NCc1cccc(C(=O)NCC2CCCO2)c1. The monoisotopic (exact) mass is 348 g/mol. The molecular formula is C18H28N4O3. The summed E-state index contributed by atoms with van der Waals surface area (Å²) in [5.41, 5.74) is 1.67. The van der Waals surface area contributed by atoms with Gasteiger partial charge in [0.1, 0.15) is 0 Å². The van der Waals surface area contributed by atoms with Gasteiger partial charge in [0.05, 0.1) is 12.7 Å². The third-order valence-electron chi connectivity index (χ3n) is 3.99. The Hall–Kier alpha value is -2.12. The minimum absolute atomic E-state index is 0.0695. The summed E-state index contributed by atoms with van der Waals surface area (Å²) < 4.78 is 10.5. The van der Waals surface area contributed by atoms with Gasteiger partial charge in [-0.1, -0.05) is 12.1 Å². The molecule has 138 valence electrons. The molecule has 1 atom stereocenters. The molecule has 0 spiro atoms. The largest absolute Gasteiger partial charge is 0.383 e. The van der Waals surface area contributed by atoms with Gasteiger partial charge in [-0.05, 0) is 30.5 Å². The second kappa shape index (κ2) is 10.7. The fourth-order valence-electron chi connectivity index (χ4n) is 2.61. The Labute approximate surface area is 149 Å². The third-order valence-corrected chi connectivity index (χ3v) is 3.99. The number of hydrogen-bond acceptors (Lipinski definition) is 4. The molecule has 0 bridgehead atoms. The lowest BCUT2D eigenvalue weighted by Gasteiger charge is -2.13. The Balaban J connectivity index is 1.81. The van der Waals surface area contributed by atoms with Crippen molar-refractivity contribution in [3.63, 3.8) is 0 Å². The van der Waals surface area contributed by atoms with Crippen LogP contribution in [0.25, 0.3) is 0 Å². The van der Waals surface area contributed by atoms with Crippen LogP contribution in [0.4, 0.5) is 0 Å². The third kappa shape index (κ3) is 6.72. The van der Waals surface area contributed by atoms with E-state index in [0.717, 1.165) is 25.0 Å². The van der Waals surface area contributed by atoms with Crippen molar-refractivity contribution < 1.29 is 14.3 Å². The Morgan fingerprint density at radius 3 is 2.96 bits per heavy atom. The first-order valence-electron chi connectivity index (χ1n) is 8.65. The molecule has 1 unspecified atom stereocenters. The molecule has 7 heteroatoms. The molecule has 1 aliphatic heterocycles. The number of carbonyl (C=O) groups excluding carboxylic acids is 1. The molecule has 1 aromatic rings. The molecule has 0 aliphatic carbocycles. The maximum atomic E-state index is 12.3. The number of hydrogen-bond donors (Lipinski definition) is 3. The molecule has 0 saturated carbocycles. The van der Waals surface area contributed by atoms with Crippen molar-refractivity contribution in [2.24, 2.45) is 4.99 Å². The second-order valence-electron chi connectivity index (χ2n) is 5.89. The van der Waals surface area contributed by atoms with E-state index in [1.165, 1.54) is 0 Å². The summed E-state index contributed by atoms with van der Waals surface area (Å²) in [5.74, 6) is 0.630. The first-order valence-corrected chi connectivity index (χ1v) is 8.65. The standard InChI is InChI=1S/C18H28N4O3/c1-19-18(20-8-10-24-2)22-12-14-5-3-6-15(11-14)17(23)21-13-16-7-4-9-25-16/h3,5-6,11,16H,4,7-10,12-13H2,1-2H3,(H,21,23)(H2,19,20,22). The van der Waals surface area contributed by atoms with Gasteiger partial charge in [-0.15, -0.1) is 0 Å². The molecule has 1 heterocycles. The second-order valence-corrected chi connectivity index (χ2v) is 5.89. The molecule has 1 aromatic carbocycles. The van der Waals surface area contributed by atoms with E-state index in [0.29, 0.717) is 37.8 Å². The maximum Gasteiger partial charge on any atom is 0.251 e. The molecule has 25 heavy (non-hydrogen) atoms. The predicted octanol–water partition coefficient (Wildman–Crippen LogP) is 0.907. The summed E-state index contributed by atoms with van der Waals surface area (Å²) >= 11 is 0. The van der Waals surface area contributed by atoms with Crippen molar-refractivity contribution in [1.82, 2.24) is 16.0 Å². The number of amides is 1. The number of ether oxygens (including phenoxy) is 2. The Kier molecular flexibility index (Phi) is 8.21. The van der Waals surface area contributed by atoms with E-state index >= 15 is 0 Å². The van der Waals surface area contributed by atoms with Crippen LogP contribution >= 0.6 is 0 Å². The zero-order valence-electron chi connectivity index (χ0n) is 15.0. The van der Waals surface area contributed by atoms with E-state index < -0.39 is 0 Å². The van der Waals surface area contributed by atoms with Crippen molar-refractivity contribution in [3.8, 4) is 0 Å². The Bertz CT molecular complexity index is 571. The quantitative estimate of drug-likeness (QED) is 0.369. The van der Waals surface area contributed by atoms with Gasteiger partial charge in [0, 0.05) is 46.0 Å². The highest BCUT2D eigenvalue weighted by molar-refractivity contribution is 5.94. The van der Waals surface area contributed by atoms with Crippen molar-refractivity contribution in [3.05, 3.63) is 35.4 Å². The van der Waals surface area contributed by atoms with Gasteiger partial charge in [0.2, 0.25) is 0 Å². The fourth-order valence-corrected chi connectivity index (χ4v) is 2.61. The molecule has 0 aromatic heterocycles. The summed E-state index contributed by atoms with van der Waals surface area (Å²) in [6.45, 7) is 3.24. The number of aliphatic imine (C=N–C) groups is 1. The molecule has 1 aliphatic rings. The van der Waals surface area contributed by atoms with Crippen LogP contribution in [-0.2, 0) is 16.0 Å². The smallest absolute Gasteiger partial charge is 0.251 e. The van der Waals surface area contributed by atoms with Gasteiger partial charge in [-0.25, -0.2) is 0 Å². The number of carbonyl (C=O) groups is 1. The van der Waals surface area contributed by atoms with Crippen LogP contribution in [0, 0.1) is 0 Å². The van der Waals surface area contributed by atoms with Gasteiger partial charge in [-0.2, -0.15) is 0 Å². The number of methoxy groups -OCH3 is 1. The highest BCUT2D eigenvalue weighted by Gasteiger charge is 2.16. The lowest BCUT2D eigenvalue weighted by atomic mass is 10.1. The van der Waals surface area contributed by atoms with E-state index in [-0.39, 0.29) is 12.0 Å². The van der Waals surface area contributed by atoms with E-state index in [4.69, 9.17) is 9.47 Å². The summed E-state index contributed by atoms with van der Waals surface area (Å²) in [5, 5.41) is 9.31. The molecule has 1 saturated heterocycles. The maximum absolute atomic E-state index is 12.3. The minimum Gasteiger partial charge on any atom is -0.383 e. The zero-order valence-corrected chi connectivity index (χ0v) is 15.0. The molecule has 1 amide bonds. The summed E-state index contributed by atoms with van der Waals surface area (Å²) in [7, 11) is 3.38. The summed E-state index contributed by atoms with van der Waals surface area (Å²) in [6.07, 6.45) is 2.23. The average molecular weight is 348 g/mol. The summed E-state index contributed by atoms with van der Waals surface area (Å²) in [6, 6.07) is 7.58. The number of nitrogens with one attached hydrogen (secondary N) is 3. The van der Waals surface area contributed by atoms with E-state index in [9.17, 15) is 4.79 Å². The van der Waals surface area contributed by atoms with Gasteiger partial charge in [0.15, 0.2) is 5.96 Å². The van der Waals surface area contributed by atoms with Crippen LogP contribution in [0.15, 0.2) is 29.3 Å². The van der Waals surface area contributed by atoms with E-state index in [1.807, 2.05) is 24.3 Å². The lowest BCUT2D eigenvalue weighted by molar-refractivity contribution is 0.0857. The van der Waals surface area contributed by atoms with Gasteiger partial charge in [-0.3, -0.25) is 9.79 Å². The molecule has 2 rings (SSSR count). The van der Waals surface area contributed by atoms with E-state index in [2.05, 4.69) is 20.9 Å². The van der Waals surface area contributed by atoms with E-state index in [1.54, 1.807) is 14.2 Å². The zero-order chi connectivity index (χ0) is 17.9. The van der Waals surface area contributed by atoms with Gasteiger partial charge >= 0.3 is 0 Å². The molecule has 1 fully saturated rings. The van der Waals surface area contributed by atoms with Crippen LogP contribution < -0.4 is 16.0 Å². The van der Waals surface area contributed by atoms with Gasteiger partial charge in [0.25, 0.3) is 5.91 Å². The molecule has 7 nitrogen and oxygen atoms in total. The number of rotatable bonds is 8. The molecule has 0 radical (unpaired) electrons. The predicted molar refractivity (Wildman–Crippen MR) is 97.8 cm³/mol. The first kappa shape index (κ1) is 19.2.